The van der Waals surface area contributed by atoms with Crippen LogP contribution >= 0.6 is 0 Å². The lowest BCUT2D eigenvalue weighted by molar-refractivity contribution is 0.0322. The number of carboxylic acid groups (broad SMARTS) is 1. The zero-order valence-corrected chi connectivity index (χ0v) is 22.7. The third-order valence-corrected chi connectivity index (χ3v) is 6.84. The number of H-pyrrole nitrogens is 1. The zero-order valence-electron chi connectivity index (χ0n) is 22.7. The number of hydrogen-bond donors (Lipinski definition) is 3. The molecule has 1 aliphatic rings. The molecule has 212 valence electrons. The van der Waals surface area contributed by atoms with Gasteiger partial charge in [0.1, 0.15) is 12.4 Å². The molecule has 4 aromatic rings. The summed E-state index contributed by atoms with van der Waals surface area (Å²) in [5, 5.41) is 19.6. The van der Waals surface area contributed by atoms with Gasteiger partial charge in [0, 0.05) is 44.4 Å². The second-order valence-electron chi connectivity index (χ2n) is 9.77. The minimum Gasteiger partial charge on any atom is -0.492 e. The highest BCUT2D eigenvalue weighted by Crippen LogP contribution is 2.22. The second-order valence-corrected chi connectivity index (χ2v) is 9.77. The Morgan fingerprint density at radius 2 is 1.63 bits per heavy atom. The number of hydrogen-bond acceptors (Lipinski definition) is 6. The maximum absolute atomic E-state index is 12.7. The predicted molar refractivity (Wildman–Crippen MR) is 155 cm³/mol. The van der Waals surface area contributed by atoms with Crippen molar-refractivity contribution in [2.75, 3.05) is 44.8 Å². The lowest BCUT2D eigenvalue weighted by Gasteiger charge is -2.26. The van der Waals surface area contributed by atoms with Crippen molar-refractivity contribution >= 4 is 17.8 Å². The summed E-state index contributed by atoms with van der Waals surface area (Å²) < 4.78 is 11.2. The quantitative estimate of drug-likeness (QED) is 0.245. The van der Waals surface area contributed by atoms with Gasteiger partial charge in [0.25, 0.3) is 5.91 Å². The molecular weight excluding hydrogens is 522 g/mol. The number of ether oxygens (including phenoxy) is 2. The van der Waals surface area contributed by atoms with E-state index in [1.54, 1.807) is 30.3 Å². The van der Waals surface area contributed by atoms with E-state index in [1.165, 1.54) is 4.90 Å². The molecule has 5 rings (SSSR count). The molecule has 3 N–H and O–H groups in total. The van der Waals surface area contributed by atoms with Crippen LogP contribution < -0.4 is 10.1 Å². The fourth-order valence-electron chi connectivity index (χ4n) is 4.55. The van der Waals surface area contributed by atoms with Crippen LogP contribution in [0, 0.1) is 0 Å². The van der Waals surface area contributed by atoms with Gasteiger partial charge in [-0.05, 0) is 41.0 Å². The van der Waals surface area contributed by atoms with Crippen molar-refractivity contribution in [2.24, 2.45) is 0 Å². The monoisotopic (exact) mass is 555 g/mol. The lowest BCUT2D eigenvalue weighted by atomic mass is 10.1. The van der Waals surface area contributed by atoms with Gasteiger partial charge in [0.2, 0.25) is 0 Å². The molecule has 1 aliphatic heterocycles. The van der Waals surface area contributed by atoms with Gasteiger partial charge < -0.3 is 19.9 Å². The van der Waals surface area contributed by atoms with E-state index in [9.17, 15) is 14.7 Å². The number of nitrogens with zero attached hydrogens (tertiary/aromatic N) is 3. The molecule has 2 amide bonds. The number of benzene rings is 3. The number of carbonyl (C=O) groups excluding carboxylic acids is 1. The third kappa shape index (κ3) is 7.93. The molecule has 3 aromatic carbocycles. The highest BCUT2D eigenvalue weighted by Gasteiger charge is 2.14. The number of morpholine rings is 1. The predicted octanol–water partition coefficient (Wildman–Crippen LogP) is 4.72. The molecule has 1 saturated heterocycles. The number of amides is 2. The Labute approximate surface area is 238 Å². The van der Waals surface area contributed by atoms with Crippen molar-refractivity contribution in [2.45, 2.75) is 13.1 Å². The van der Waals surface area contributed by atoms with Crippen LogP contribution in [0.1, 0.15) is 21.5 Å². The Bertz CT molecular complexity index is 1420. The zero-order chi connectivity index (χ0) is 28.4. The minimum atomic E-state index is -0.974. The van der Waals surface area contributed by atoms with Crippen molar-refractivity contribution in [1.29, 1.82) is 0 Å². The Morgan fingerprint density at radius 1 is 0.951 bits per heavy atom. The van der Waals surface area contributed by atoms with Crippen molar-refractivity contribution in [3.8, 4) is 17.0 Å². The summed E-state index contributed by atoms with van der Waals surface area (Å²) in [6.07, 6.45) is -0.974. The standard InChI is InChI=1S/C31H33N5O5/c37-30(26-10-12-27(13-11-26)41-19-16-35-14-17-40-18-15-35)32-29-20-28(33-34-29)25-8-6-24(7-9-25)22-36(31(38)39)21-23-4-2-1-3-5-23/h1-13,20H,14-19,21-22H2,(H,38,39)(H2,32,33,34,37). The molecule has 0 saturated carbocycles. The second kappa shape index (κ2) is 13.6. The molecule has 0 unspecified atom stereocenters. The fourth-order valence-corrected chi connectivity index (χ4v) is 4.55. The van der Waals surface area contributed by atoms with Crippen molar-refractivity contribution in [1.82, 2.24) is 20.0 Å². The van der Waals surface area contributed by atoms with E-state index >= 15 is 0 Å². The van der Waals surface area contributed by atoms with E-state index in [0.717, 1.165) is 55.2 Å². The van der Waals surface area contributed by atoms with Gasteiger partial charge in [-0.2, -0.15) is 5.10 Å². The lowest BCUT2D eigenvalue weighted by Crippen LogP contribution is -2.38. The van der Waals surface area contributed by atoms with E-state index in [2.05, 4.69) is 20.4 Å². The molecule has 0 aliphatic carbocycles. The molecule has 0 bridgehead atoms. The normalized spacial score (nSPS) is 13.5. The van der Waals surface area contributed by atoms with Gasteiger partial charge in [-0.15, -0.1) is 0 Å². The smallest absolute Gasteiger partial charge is 0.407 e. The first-order chi connectivity index (χ1) is 20.0. The van der Waals surface area contributed by atoms with E-state index in [4.69, 9.17) is 9.47 Å². The van der Waals surface area contributed by atoms with Gasteiger partial charge in [-0.3, -0.25) is 19.7 Å². The van der Waals surface area contributed by atoms with Crippen LogP contribution in [0.25, 0.3) is 11.3 Å². The summed E-state index contributed by atoms with van der Waals surface area (Å²) in [6.45, 7) is 5.36. The average molecular weight is 556 g/mol. The van der Waals surface area contributed by atoms with Crippen LogP contribution in [0.2, 0.25) is 0 Å². The summed E-state index contributed by atoms with van der Waals surface area (Å²) in [4.78, 5) is 28.2. The first-order valence-corrected chi connectivity index (χ1v) is 13.5. The van der Waals surface area contributed by atoms with E-state index in [0.29, 0.717) is 30.3 Å². The van der Waals surface area contributed by atoms with Crippen LogP contribution in [0.4, 0.5) is 10.6 Å². The maximum Gasteiger partial charge on any atom is 0.407 e. The number of aromatic nitrogens is 2. The number of rotatable bonds is 11. The number of nitrogens with one attached hydrogen (secondary N) is 2. The molecule has 0 radical (unpaired) electrons. The van der Waals surface area contributed by atoms with Gasteiger partial charge in [-0.1, -0.05) is 54.6 Å². The van der Waals surface area contributed by atoms with E-state index in [1.807, 2.05) is 54.6 Å². The summed E-state index contributed by atoms with van der Waals surface area (Å²) in [5.41, 5.74) is 3.90. The molecule has 2 heterocycles. The first-order valence-electron chi connectivity index (χ1n) is 13.5. The van der Waals surface area contributed by atoms with Gasteiger partial charge >= 0.3 is 6.09 Å². The molecular formula is C31H33N5O5. The average Bonchev–Trinajstić information content (AvgIpc) is 3.47. The largest absolute Gasteiger partial charge is 0.492 e. The highest BCUT2D eigenvalue weighted by atomic mass is 16.5. The molecule has 1 aromatic heterocycles. The van der Waals surface area contributed by atoms with Crippen molar-refractivity contribution < 1.29 is 24.2 Å². The number of aromatic amines is 1. The Kier molecular flexibility index (Phi) is 9.25. The van der Waals surface area contributed by atoms with Crippen LogP contribution in [0.3, 0.4) is 0 Å². The summed E-state index contributed by atoms with van der Waals surface area (Å²) in [5.74, 6) is 0.845. The van der Waals surface area contributed by atoms with Gasteiger partial charge in [0.15, 0.2) is 5.82 Å². The summed E-state index contributed by atoms with van der Waals surface area (Å²) in [7, 11) is 0. The summed E-state index contributed by atoms with van der Waals surface area (Å²) in [6, 6.07) is 25.9. The van der Waals surface area contributed by atoms with Crippen molar-refractivity contribution in [3.63, 3.8) is 0 Å². The molecule has 0 spiro atoms. The summed E-state index contributed by atoms with van der Waals surface area (Å²) >= 11 is 0. The van der Waals surface area contributed by atoms with E-state index < -0.39 is 6.09 Å². The first kappa shape index (κ1) is 27.9. The highest BCUT2D eigenvalue weighted by molar-refractivity contribution is 6.04. The Balaban J connectivity index is 1.12. The Morgan fingerprint density at radius 3 is 2.32 bits per heavy atom. The molecule has 1 fully saturated rings. The number of carbonyl (C=O) groups is 2. The molecule has 41 heavy (non-hydrogen) atoms. The van der Waals surface area contributed by atoms with Crippen LogP contribution in [0.15, 0.2) is 84.9 Å². The maximum atomic E-state index is 12.7. The fraction of sp³-hybridized carbons (Fsp3) is 0.258. The van der Waals surface area contributed by atoms with E-state index in [-0.39, 0.29) is 12.5 Å². The van der Waals surface area contributed by atoms with Crippen molar-refractivity contribution in [3.05, 3.63) is 102 Å². The van der Waals surface area contributed by atoms with Gasteiger partial charge in [-0.25, -0.2) is 4.79 Å². The SMILES string of the molecule is O=C(Nc1cc(-c2ccc(CN(Cc3ccccc3)C(=O)O)cc2)[nH]n1)c1ccc(OCCN2CCOCC2)cc1. The van der Waals surface area contributed by atoms with Gasteiger partial charge in [0.05, 0.1) is 18.9 Å². The number of anilines is 1. The molecule has 0 atom stereocenters. The topological polar surface area (TPSA) is 120 Å². The van der Waals surface area contributed by atoms with Crippen LogP contribution in [-0.2, 0) is 17.8 Å². The molecule has 10 nitrogen and oxygen atoms in total. The third-order valence-electron chi connectivity index (χ3n) is 6.84. The van der Waals surface area contributed by atoms with Crippen LogP contribution in [-0.4, -0.2) is 76.6 Å². The minimum absolute atomic E-state index is 0.270. The Hall–Kier alpha value is -4.67. The molecule has 10 heteroatoms. The van der Waals surface area contributed by atoms with Crippen LogP contribution in [0.5, 0.6) is 5.75 Å².